The van der Waals surface area contributed by atoms with Crippen LogP contribution in [0.3, 0.4) is 0 Å². The fraction of sp³-hybridized carbons (Fsp3) is 0.318. The number of nitrogens with one attached hydrogen (secondary N) is 1. The summed E-state index contributed by atoms with van der Waals surface area (Å²) in [7, 11) is -3.90. The number of ether oxygens (including phenoxy) is 1. The lowest BCUT2D eigenvalue weighted by atomic mass is 10.1. The summed E-state index contributed by atoms with van der Waals surface area (Å²) in [5.41, 5.74) is 1.69. The minimum atomic E-state index is -3.90. The molecule has 4 rings (SSSR count). The van der Waals surface area contributed by atoms with Gasteiger partial charge in [0.05, 0.1) is 18.1 Å². The highest BCUT2D eigenvalue weighted by molar-refractivity contribution is 7.92. The van der Waals surface area contributed by atoms with Crippen molar-refractivity contribution in [3.05, 3.63) is 59.9 Å². The van der Waals surface area contributed by atoms with Crippen LogP contribution in [0, 0.1) is 0 Å². The SMILES string of the molecule is CCCc1ccc(S(=O)(=O)Nc2c(C(=O)N3CCOCC3)oc3ccccc23)cc1. The maximum absolute atomic E-state index is 13.1. The van der Waals surface area contributed by atoms with Crippen molar-refractivity contribution in [1.82, 2.24) is 4.90 Å². The highest BCUT2D eigenvalue weighted by Crippen LogP contribution is 2.33. The largest absolute Gasteiger partial charge is 0.449 e. The van der Waals surface area contributed by atoms with Gasteiger partial charge >= 0.3 is 0 Å². The van der Waals surface area contributed by atoms with Crippen LogP contribution < -0.4 is 4.72 Å². The number of nitrogens with zero attached hydrogens (tertiary/aromatic N) is 1. The molecule has 2 heterocycles. The molecular weight excluding hydrogens is 404 g/mol. The third-order valence-electron chi connectivity index (χ3n) is 5.10. The van der Waals surface area contributed by atoms with Gasteiger partial charge in [-0.3, -0.25) is 9.52 Å². The maximum atomic E-state index is 13.1. The van der Waals surface area contributed by atoms with Crippen LogP contribution in [0.15, 0.2) is 57.8 Å². The molecule has 1 aromatic heterocycles. The Bertz CT molecular complexity index is 1150. The van der Waals surface area contributed by atoms with E-state index >= 15 is 0 Å². The molecule has 1 saturated heterocycles. The van der Waals surface area contributed by atoms with Gasteiger partial charge in [0, 0.05) is 18.5 Å². The number of morpholine rings is 1. The molecule has 1 amide bonds. The number of rotatable bonds is 6. The Balaban J connectivity index is 1.71. The van der Waals surface area contributed by atoms with Gasteiger partial charge in [-0.15, -0.1) is 0 Å². The number of carbonyl (C=O) groups is 1. The molecule has 1 aliphatic rings. The molecule has 2 aromatic carbocycles. The van der Waals surface area contributed by atoms with Crippen LogP contribution in [0.4, 0.5) is 5.69 Å². The summed E-state index contributed by atoms with van der Waals surface area (Å²) in [5, 5.41) is 0.542. The molecule has 30 heavy (non-hydrogen) atoms. The first-order valence-electron chi connectivity index (χ1n) is 10.00. The van der Waals surface area contributed by atoms with Gasteiger partial charge in [-0.2, -0.15) is 0 Å². The van der Waals surface area contributed by atoms with Crippen LogP contribution in [-0.2, 0) is 21.2 Å². The Morgan fingerprint density at radius 2 is 1.77 bits per heavy atom. The first-order valence-corrected chi connectivity index (χ1v) is 11.5. The zero-order chi connectivity index (χ0) is 21.1. The molecule has 0 aliphatic carbocycles. The number of para-hydroxylation sites is 1. The molecule has 1 N–H and O–H groups in total. The molecule has 1 fully saturated rings. The van der Waals surface area contributed by atoms with E-state index in [9.17, 15) is 13.2 Å². The number of anilines is 1. The fourth-order valence-electron chi connectivity index (χ4n) is 3.52. The van der Waals surface area contributed by atoms with Crippen molar-refractivity contribution in [1.29, 1.82) is 0 Å². The number of hydrogen-bond donors (Lipinski definition) is 1. The van der Waals surface area contributed by atoms with E-state index in [0.717, 1.165) is 18.4 Å². The molecule has 0 atom stereocenters. The van der Waals surface area contributed by atoms with E-state index < -0.39 is 10.0 Å². The first kappa shape index (κ1) is 20.4. The summed E-state index contributed by atoms with van der Waals surface area (Å²) < 4.78 is 39.8. The molecule has 7 nitrogen and oxygen atoms in total. The number of benzene rings is 2. The molecule has 0 unspecified atom stereocenters. The van der Waals surface area contributed by atoms with Crippen LogP contribution in [0.5, 0.6) is 0 Å². The molecular formula is C22H24N2O5S. The summed E-state index contributed by atoms with van der Waals surface area (Å²) in [6.07, 6.45) is 1.87. The minimum Gasteiger partial charge on any atom is -0.449 e. The number of amides is 1. The quantitative estimate of drug-likeness (QED) is 0.647. The molecule has 1 aliphatic heterocycles. The third kappa shape index (κ3) is 4.06. The van der Waals surface area contributed by atoms with Gasteiger partial charge in [-0.05, 0) is 36.2 Å². The number of carbonyl (C=O) groups excluding carboxylic acids is 1. The van der Waals surface area contributed by atoms with Crippen LogP contribution in [0.2, 0.25) is 0 Å². The van der Waals surface area contributed by atoms with Crippen molar-refractivity contribution < 1.29 is 22.4 Å². The Hall–Kier alpha value is -2.84. The van der Waals surface area contributed by atoms with Crippen LogP contribution in [0.25, 0.3) is 11.0 Å². The normalized spacial score (nSPS) is 14.8. The highest BCUT2D eigenvalue weighted by Gasteiger charge is 2.29. The van der Waals surface area contributed by atoms with Crippen molar-refractivity contribution in [2.45, 2.75) is 24.7 Å². The van der Waals surface area contributed by atoms with E-state index in [1.165, 1.54) is 0 Å². The fourth-order valence-corrected chi connectivity index (χ4v) is 4.61. The van der Waals surface area contributed by atoms with Crippen molar-refractivity contribution in [2.24, 2.45) is 0 Å². The van der Waals surface area contributed by atoms with E-state index in [4.69, 9.17) is 9.15 Å². The lowest BCUT2D eigenvalue weighted by Crippen LogP contribution is -2.40. The summed E-state index contributed by atoms with van der Waals surface area (Å²) in [5.74, 6) is -0.366. The maximum Gasteiger partial charge on any atom is 0.291 e. The van der Waals surface area contributed by atoms with Crippen molar-refractivity contribution >= 4 is 32.6 Å². The molecule has 0 radical (unpaired) electrons. The molecule has 3 aromatic rings. The van der Waals surface area contributed by atoms with Gasteiger partial charge in [0.1, 0.15) is 11.3 Å². The van der Waals surface area contributed by atoms with Crippen LogP contribution in [0.1, 0.15) is 29.5 Å². The second-order valence-electron chi connectivity index (χ2n) is 7.21. The van der Waals surface area contributed by atoms with Crippen LogP contribution >= 0.6 is 0 Å². The molecule has 0 spiro atoms. The lowest BCUT2D eigenvalue weighted by molar-refractivity contribution is 0.0285. The van der Waals surface area contributed by atoms with Crippen LogP contribution in [-0.4, -0.2) is 45.5 Å². The number of fused-ring (bicyclic) bond motifs is 1. The van der Waals surface area contributed by atoms with Crippen molar-refractivity contribution in [3.63, 3.8) is 0 Å². The average Bonchev–Trinajstić information content (AvgIpc) is 3.12. The molecule has 8 heteroatoms. The Kier molecular flexibility index (Phi) is 5.78. The smallest absolute Gasteiger partial charge is 0.291 e. The van der Waals surface area contributed by atoms with Gasteiger partial charge in [0.15, 0.2) is 0 Å². The highest BCUT2D eigenvalue weighted by atomic mass is 32.2. The number of furan rings is 1. The molecule has 0 bridgehead atoms. The Labute approximate surface area is 175 Å². The Morgan fingerprint density at radius 1 is 1.07 bits per heavy atom. The first-order chi connectivity index (χ1) is 14.5. The number of hydrogen-bond acceptors (Lipinski definition) is 5. The van der Waals surface area contributed by atoms with E-state index in [2.05, 4.69) is 11.6 Å². The summed E-state index contributed by atoms with van der Waals surface area (Å²) >= 11 is 0. The third-order valence-corrected chi connectivity index (χ3v) is 6.46. The topological polar surface area (TPSA) is 88.9 Å². The summed E-state index contributed by atoms with van der Waals surface area (Å²) in [4.78, 5) is 14.8. The summed E-state index contributed by atoms with van der Waals surface area (Å²) in [6.45, 7) is 3.82. The number of aryl methyl sites for hydroxylation is 1. The average molecular weight is 429 g/mol. The van der Waals surface area contributed by atoms with E-state index in [0.29, 0.717) is 37.3 Å². The van der Waals surface area contributed by atoms with Crippen molar-refractivity contribution in [3.8, 4) is 0 Å². The van der Waals surface area contributed by atoms with E-state index in [-0.39, 0.29) is 22.3 Å². The summed E-state index contributed by atoms with van der Waals surface area (Å²) in [6, 6.07) is 13.8. The van der Waals surface area contributed by atoms with Gasteiger partial charge in [-0.1, -0.05) is 37.6 Å². The predicted octanol–water partition coefficient (Wildman–Crippen LogP) is 3.66. The molecule has 0 saturated carbocycles. The second-order valence-corrected chi connectivity index (χ2v) is 8.89. The van der Waals surface area contributed by atoms with Gasteiger partial charge in [-0.25, -0.2) is 8.42 Å². The monoisotopic (exact) mass is 428 g/mol. The van der Waals surface area contributed by atoms with Gasteiger partial charge in [0.25, 0.3) is 15.9 Å². The Morgan fingerprint density at radius 3 is 2.47 bits per heavy atom. The van der Waals surface area contributed by atoms with Gasteiger partial charge < -0.3 is 14.1 Å². The standard InChI is InChI=1S/C22H24N2O5S/c1-2-5-16-8-10-17(11-9-16)30(26,27)23-20-18-6-3-4-7-19(18)29-21(20)22(25)24-12-14-28-15-13-24/h3-4,6-11,23H,2,5,12-15H2,1H3. The minimum absolute atomic E-state index is 0.00993. The number of sulfonamides is 1. The predicted molar refractivity (Wildman–Crippen MR) is 114 cm³/mol. The van der Waals surface area contributed by atoms with Crippen molar-refractivity contribution in [2.75, 3.05) is 31.0 Å². The molecule has 158 valence electrons. The van der Waals surface area contributed by atoms with E-state index in [1.54, 1.807) is 41.3 Å². The zero-order valence-electron chi connectivity index (χ0n) is 16.8. The van der Waals surface area contributed by atoms with Gasteiger partial charge in [0.2, 0.25) is 5.76 Å². The lowest BCUT2D eigenvalue weighted by Gasteiger charge is -2.26. The zero-order valence-corrected chi connectivity index (χ0v) is 17.6. The second kappa shape index (κ2) is 8.49. The van der Waals surface area contributed by atoms with E-state index in [1.807, 2.05) is 12.1 Å².